The summed E-state index contributed by atoms with van der Waals surface area (Å²) in [5.41, 5.74) is 7.10. The maximum atomic E-state index is 13.1. The van der Waals surface area contributed by atoms with E-state index in [1.165, 1.54) is 12.1 Å². The molecule has 0 amide bonds. The predicted octanol–water partition coefficient (Wildman–Crippen LogP) is 3.86. The van der Waals surface area contributed by atoms with Gasteiger partial charge in [-0.15, -0.1) is 11.8 Å². The topological polar surface area (TPSA) is 38.9 Å². The molecule has 1 aromatic carbocycles. The number of anilines is 1. The number of rotatable bonds is 3. The van der Waals surface area contributed by atoms with Gasteiger partial charge >= 0.3 is 0 Å². The second kappa shape index (κ2) is 5.51. The number of hydrogen-bond acceptors (Lipinski definition) is 3. The van der Waals surface area contributed by atoms with Gasteiger partial charge in [0.1, 0.15) is 5.82 Å². The normalized spacial score (nSPS) is 10.5. The second-order valence-electron chi connectivity index (χ2n) is 3.45. The molecular formula is C12H10BrFN2S. The Morgan fingerprint density at radius 1 is 1.29 bits per heavy atom. The Morgan fingerprint density at radius 2 is 2.12 bits per heavy atom. The van der Waals surface area contributed by atoms with Crippen LogP contribution >= 0.6 is 27.7 Å². The molecule has 0 bridgehead atoms. The van der Waals surface area contributed by atoms with E-state index in [1.807, 2.05) is 6.07 Å². The summed E-state index contributed by atoms with van der Waals surface area (Å²) < 4.78 is 14.0. The maximum Gasteiger partial charge on any atom is 0.123 e. The summed E-state index contributed by atoms with van der Waals surface area (Å²) in [6, 6.07) is 8.32. The average Bonchev–Trinajstić information content (AvgIpc) is 2.32. The van der Waals surface area contributed by atoms with E-state index >= 15 is 0 Å². The Hall–Kier alpha value is -1.07. The summed E-state index contributed by atoms with van der Waals surface area (Å²) in [6.45, 7) is 0. The Bertz CT molecular complexity index is 516. The number of aromatic nitrogens is 1. The van der Waals surface area contributed by atoms with E-state index in [2.05, 4.69) is 20.9 Å². The van der Waals surface area contributed by atoms with Crippen molar-refractivity contribution in [2.45, 2.75) is 10.8 Å². The van der Waals surface area contributed by atoms with Gasteiger partial charge in [-0.05, 0) is 35.9 Å². The summed E-state index contributed by atoms with van der Waals surface area (Å²) >= 11 is 4.94. The van der Waals surface area contributed by atoms with Gasteiger partial charge in [0.2, 0.25) is 0 Å². The van der Waals surface area contributed by atoms with Gasteiger partial charge in [0.25, 0.3) is 0 Å². The zero-order valence-electron chi connectivity index (χ0n) is 8.86. The fourth-order valence-corrected chi connectivity index (χ4v) is 2.69. The molecule has 0 aliphatic rings. The molecule has 2 aromatic rings. The van der Waals surface area contributed by atoms with Crippen molar-refractivity contribution in [2.24, 2.45) is 0 Å². The van der Waals surface area contributed by atoms with Crippen LogP contribution in [0.1, 0.15) is 5.56 Å². The molecule has 0 saturated heterocycles. The Morgan fingerprint density at radius 3 is 2.82 bits per heavy atom. The van der Waals surface area contributed by atoms with Crippen molar-refractivity contribution in [2.75, 3.05) is 5.73 Å². The van der Waals surface area contributed by atoms with Gasteiger partial charge in [-0.25, -0.2) is 9.37 Å². The SMILES string of the molecule is Nc1ccc(SCc2cc(F)ccc2Br)nc1. The van der Waals surface area contributed by atoms with Crippen LogP contribution < -0.4 is 5.73 Å². The van der Waals surface area contributed by atoms with Crippen LogP contribution in [0.3, 0.4) is 0 Å². The van der Waals surface area contributed by atoms with Gasteiger partial charge < -0.3 is 5.73 Å². The standard InChI is InChI=1S/C12H10BrFN2S/c13-11-3-1-9(14)5-8(11)7-17-12-4-2-10(15)6-16-12/h1-6H,7,15H2. The van der Waals surface area contributed by atoms with Crippen LogP contribution in [0.25, 0.3) is 0 Å². The first-order valence-corrected chi connectivity index (χ1v) is 6.71. The first-order valence-electron chi connectivity index (χ1n) is 4.93. The monoisotopic (exact) mass is 312 g/mol. The second-order valence-corrected chi connectivity index (χ2v) is 5.30. The third kappa shape index (κ3) is 3.44. The summed E-state index contributed by atoms with van der Waals surface area (Å²) in [5, 5.41) is 0.871. The zero-order chi connectivity index (χ0) is 12.3. The van der Waals surface area contributed by atoms with E-state index in [0.29, 0.717) is 11.4 Å². The Labute approximate surface area is 112 Å². The summed E-state index contributed by atoms with van der Waals surface area (Å²) in [6.07, 6.45) is 1.61. The lowest BCUT2D eigenvalue weighted by atomic mass is 10.2. The highest BCUT2D eigenvalue weighted by Crippen LogP contribution is 2.26. The molecule has 1 aromatic heterocycles. The molecule has 0 unspecified atom stereocenters. The summed E-state index contributed by atoms with van der Waals surface area (Å²) in [5.74, 6) is 0.434. The molecule has 0 spiro atoms. The molecule has 0 aliphatic heterocycles. The molecule has 0 aliphatic carbocycles. The van der Waals surface area contributed by atoms with Gasteiger partial charge in [0.15, 0.2) is 0 Å². The van der Waals surface area contributed by atoms with Gasteiger partial charge in [0, 0.05) is 10.2 Å². The minimum atomic E-state index is -0.228. The highest BCUT2D eigenvalue weighted by molar-refractivity contribution is 9.10. The van der Waals surface area contributed by atoms with Crippen LogP contribution in [0.15, 0.2) is 46.0 Å². The smallest absolute Gasteiger partial charge is 0.123 e. The fraction of sp³-hybridized carbons (Fsp3) is 0.0833. The van der Waals surface area contributed by atoms with Crippen molar-refractivity contribution in [3.05, 3.63) is 52.4 Å². The van der Waals surface area contributed by atoms with Crippen LogP contribution in [0.4, 0.5) is 10.1 Å². The summed E-state index contributed by atoms with van der Waals surface area (Å²) in [4.78, 5) is 4.17. The zero-order valence-corrected chi connectivity index (χ0v) is 11.3. The fourth-order valence-electron chi connectivity index (χ4n) is 1.28. The van der Waals surface area contributed by atoms with Crippen LogP contribution in [-0.4, -0.2) is 4.98 Å². The highest BCUT2D eigenvalue weighted by atomic mass is 79.9. The lowest BCUT2D eigenvalue weighted by molar-refractivity contribution is 0.626. The molecular weight excluding hydrogens is 303 g/mol. The summed E-state index contributed by atoms with van der Waals surface area (Å²) in [7, 11) is 0. The van der Waals surface area contributed by atoms with E-state index in [9.17, 15) is 4.39 Å². The van der Waals surface area contributed by atoms with E-state index in [-0.39, 0.29) is 5.82 Å². The third-order valence-corrected chi connectivity index (χ3v) is 3.91. The van der Waals surface area contributed by atoms with Crippen molar-refractivity contribution in [3.8, 4) is 0 Å². The molecule has 5 heteroatoms. The molecule has 2 rings (SSSR count). The average molecular weight is 313 g/mol. The molecule has 88 valence electrons. The van der Waals surface area contributed by atoms with Crippen LogP contribution in [-0.2, 0) is 5.75 Å². The van der Waals surface area contributed by atoms with Crippen molar-refractivity contribution >= 4 is 33.4 Å². The number of benzene rings is 1. The quantitative estimate of drug-likeness (QED) is 0.875. The Balaban J connectivity index is 2.07. The lowest BCUT2D eigenvalue weighted by Gasteiger charge is -2.04. The number of thioether (sulfide) groups is 1. The molecule has 1 heterocycles. The van der Waals surface area contributed by atoms with Crippen LogP contribution in [0, 0.1) is 5.82 Å². The number of nitrogen functional groups attached to an aromatic ring is 1. The molecule has 0 atom stereocenters. The van der Waals surface area contributed by atoms with E-state index in [0.717, 1.165) is 15.1 Å². The molecule has 2 N–H and O–H groups in total. The van der Waals surface area contributed by atoms with Gasteiger partial charge in [-0.3, -0.25) is 0 Å². The first-order chi connectivity index (χ1) is 8.15. The number of hydrogen-bond donors (Lipinski definition) is 1. The molecule has 0 saturated carbocycles. The van der Waals surface area contributed by atoms with Crippen molar-refractivity contribution in [3.63, 3.8) is 0 Å². The van der Waals surface area contributed by atoms with Gasteiger partial charge in [0.05, 0.1) is 16.9 Å². The molecule has 0 fully saturated rings. The van der Waals surface area contributed by atoms with E-state index in [4.69, 9.17) is 5.73 Å². The minimum absolute atomic E-state index is 0.228. The highest BCUT2D eigenvalue weighted by Gasteiger charge is 2.03. The molecule has 2 nitrogen and oxygen atoms in total. The Kier molecular flexibility index (Phi) is 4.02. The third-order valence-electron chi connectivity index (χ3n) is 2.14. The minimum Gasteiger partial charge on any atom is -0.397 e. The lowest BCUT2D eigenvalue weighted by Crippen LogP contribution is -1.89. The predicted molar refractivity (Wildman–Crippen MR) is 72.3 cm³/mol. The molecule has 17 heavy (non-hydrogen) atoms. The maximum absolute atomic E-state index is 13.1. The first kappa shape index (κ1) is 12.4. The van der Waals surface area contributed by atoms with Crippen LogP contribution in [0.5, 0.6) is 0 Å². The van der Waals surface area contributed by atoms with Gasteiger partial charge in [-0.1, -0.05) is 15.9 Å². The van der Waals surface area contributed by atoms with Crippen molar-refractivity contribution in [1.82, 2.24) is 4.98 Å². The van der Waals surface area contributed by atoms with Gasteiger partial charge in [-0.2, -0.15) is 0 Å². The largest absolute Gasteiger partial charge is 0.397 e. The van der Waals surface area contributed by atoms with Crippen molar-refractivity contribution < 1.29 is 4.39 Å². The number of pyridine rings is 1. The van der Waals surface area contributed by atoms with Crippen LogP contribution in [0.2, 0.25) is 0 Å². The molecule has 0 radical (unpaired) electrons. The van der Waals surface area contributed by atoms with E-state index < -0.39 is 0 Å². The van der Waals surface area contributed by atoms with Crippen molar-refractivity contribution in [1.29, 1.82) is 0 Å². The number of nitrogens with zero attached hydrogens (tertiary/aromatic N) is 1. The number of halogens is 2. The van der Waals surface area contributed by atoms with E-state index in [1.54, 1.807) is 30.1 Å². The number of nitrogens with two attached hydrogens (primary N) is 1.